The number of hydrogen-bond acceptors (Lipinski definition) is 5. The number of likely N-dealkylation sites (N-methyl/N-ethyl adjacent to an activating group) is 1. The summed E-state index contributed by atoms with van der Waals surface area (Å²) in [4.78, 5) is 16.7. The number of carbonyl (C=O) groups excluding carboxylic acids is 1. The number of ether oxygens (including phenoxy) is 1. The third-order valence-electron chi connectivity index (χ3n) is 4.82. The summed E-state index contributed by atoms with van der Waals surface area (Å²) in [5.41, 5.74) is 2.24. The van der Waals surface area contributed by atoms with Crippen LogP contribution in [0.2, 0.25) is 5.02 Å². The van der Waals surface area contributed by atoms with Crippen LogP contribution in [0.25, 0.3) is 0 Å². The average Bonchev–Trinajstić information content (AvgIpc) is 3.08. The first-order chi connectivity index (χ1) is 12.3. The van der Waals surface area contributed by atoms with E-state index in [9.17, 15) is 4.79 Å². The van der Waals surface area contributed by atoms with Gasteiger partial charge in [0.2, 0.25) is 0 Å². The average molecular weight is 378 g/mol. The lowest BCUT2D eigenvalue weighted by molar-refractivity contribution is 0.0562. The Morgan fingerprint density at radius 1 is 1.31 bits per heavy atom. The SMILES string of the molecule is Cc1cc(OCc2cc(C(=O)N3CCN(C)[C@@H](C)C3)no2)cc(C)c1Cl. The van der Waals surface area contributed by atoms with Crippen LogP contribution in [-0.2, 0) is 6.61 Å². The van der Waals surface area contributed by atoms with Gasteiger partial charge in [-0.25, -0.2) is 0 Å². The summed E-state index contributed by atoms with van der Waals surface area (Å²) in [7, 11) is 2.07. The predicted octanol–water partition coefficient (Wildman–Crippen LogP) is 3.30. The summed E-state index contributed by atoms with van der Waals surface area (Å²) in [6.07, 6.45) is 0. The zero-order chi connectivity index (χ0) is 18.8. The Morgan fingerprint density at radius 2 is 2.00 bits per heavy atom. The quantitative estimate of drug-likeness (QED) is 0.818. The van der Waals surface area contributed by atoms with Gasteiger partial charge in [0.15, 0.2) is 11.5 Å². The number of carbonyl (C=O) groups is 1. The number of amides is 1. The van der Waals surface area contributed by atoms with Crippen LogP contribution in [-0.4, -0.2) is 53.6 Å². The molecule has 140 valence electrons. The second-order valence-electron chi connectivity index (χ2n) is 6.92. The van der Waals surface area contributed by atoms with Crippen molar-refractivity contribution in [3.63, 3.8) is 0 Å². The monoisotopic (exact) mass is 377 g/mol. The van der Waals surface area contributed by atoms with Gasteiger partial charge in [0.25, 0.3) is 5.91 Å². The summed E-state index contributed by atoms with van der Waals surface area (Å²) in [6.45, 7) is 8.43. The van der Waals surface area contributed by atoms with Gasteiger partial charge >= 0.3 is 0 Å². The molecular weight excluding hydrogens is 354 g/mol. The Bertz CT molecular complexity index is 782. The minimum absolute atomic E-state index is 0.0990. The highest BCUT2D eigenvalue weighted by Gasteiger charge is 2.27. The van der Waals surface area contributed by atoms with E-state index in [2.05, 4.69) is 24.0 Å². The number of aromatic nitrogens is 1. The highest BCUT2D eigenvalue weighted by molar-refractivity contribution is 6.32. The molecule has 3 rings (SSSR count). The fourth-order valence-electron chi connectivity index (χ4n) is 3.02. The Hall–Kier alpha value is -2.05. The molecule has 0 unspecified atom stereocenters. The third-order valence-corrected chi connectivity index (χ3v) is 5.41. The van der Waals surface area contributed by atoms with Gasteiger partial charge in [-0.1, -0.05) is 16.8 Å². The fourth-order valence-corrected chi connectivity index (χ4v) is 3.13. The molecule has 1 aromatic heterocycles. The third kappa shape index (κ3) is 4.02. The number of piperazine rings is 1. The molecule has 0 radical (unpaired) electrons. The molecule has 1 aliphatic rings. The van der Waals surface area contributed by atoms with Crippen LogP contribution >= 0.6 is 11.6 Å². The largest absolute Gasteiger partial charge is 0.486 e. The summed E-state index contributed by atoms with van der Waals surface area (Å²) >= 11 is 6.17. The van der Waals surface area contributed by atoms with Crippen LogP contribution in [0.5, 0.6) is 5.75 Å². The van der Waals surface area contributed by atoms with E-state index >= 15 is 0 Å². The molecule has 6 nitrogen and oxygen atoms in total. The molecule has 0 aliphatic carbocycles. The lowest BCUT2D eigenvalue weighted by Gasteiger charge is -2.37. The molecule has 1 saturated heterocycles. The van der Waals surface area contributed by atoms with Crippen molar-refractivity contribution >= 4 is 17.5 Å². The van der Waals surface area contributed by atoms with Gasteiger partial charge in [-0.05, 0) is 51.1 Å². The molecule has 1 amide bonds. The number of benzene rings is 1. The molecule has 7 heteroatoms. The number of hydrogen-bond donors (Lipinski definition) is 0. The van der Waals surface area contributed by atoms with Gasteiger partial charge < -0.3 is 19.1 Å². The van der Waals surface area contributed by atoms with Gasteiger partial charge in [0.05, 0.1) is 0 Å². The predicted molar refractivity (Wildman–Crippen MR) is 99.8 cm³/mol. The van der Waals surface area contributed by atoms with E-state index in [4.69, 9.17) is 20.9 Å². The van der Waals surface area contributed by atoms with Crippen molar-refractivity contribution in [1.82, 2.24) is 15.0 Å². The zero-order valence-corrected chi connectivity index (χ0v) is 16.3. The zero-order valence-electron chi connectivity index (χ0n) is 15.6. The minimum atomic E-state index is -0.0990. The van der Waals surface area contributed by atoms with Crippen LogP contribution in [0.15, 0.2) is 22.7 Å². The van der Waals surface area contributed by atoms with Gasteiger partial charge in [-0.15, -0.1) is 0 Å². The van der Waals surface area contributed by atoms with E-state index < -0.39 is 0 Å². The number of aryl methyl sites for hydroxylation is 2. The van der Waals surface area contributed by atoms with E-state index in [1.54, 1.807) is 6.07 Å². The first-order valence-corrected chi connectivity index (χ1v) is 9.07. The lowest BCUT2D eigenvalue weighted by Crippen LogP contribution is -2.52. The summed E-state index contributed by atoms with van der Waals surface area (Å²) < 4.78 is 11.0. The van der Waals surface area contributed by atoms with E-state index in [0.717, 1.165) is 22.7 Å². The standard InChI is InChI=1S/C19H24ClN3O3/c1-12-7-15(8-13(2)18(12)20)25-11-16-9-17(21-26-16)19(24)23-6-5-22(4)14(3)10-23/h7-9,14H,5-6,10-11H2,1-4H3/t14-/m0/s1. The van der Waals surface area contributed by atoms with E-state index in [-0.39, 0.29) is 12.5 Å². The van der Waals surface area contributed by atoms with Gasteiger partial charge in [-0.2, -0.15) is 0 Å². The second kappa shape index (κ2) is 7.68. The Morgan fingerprint density at radius 3 is 2.65 bits per heavy atom. The fraction of sp³-hybridized carbons (Fsp3) is 0.474. The Balaban J connectivity index is 1.62. The lowest BCUT2D eigenvalue weighted by atomic mass is 10.1. The Kier molecular flexibility index (Phi) is 5.53. The molecule has 1 aromatic carbocycles. The van der Waals surface area contributed by atoms with Crippen LogP contribution in [0, 0.1) is 13.8 Å². The number of nitrogens with zero attached hydrogens (tertiary/aromatic N) is 3. The van der Waals surface area contributed by atoms with Crippen molar-refractivity contribution in [1.29, 1.82) is 0 Å². The molecule has 0 saturated carbocycles. The topological polar surface area (TPSA) is 58.8 Å². The van der Waals surface area contributed by atoms with Crippen LogP contribution in [0.4, 0.5) is 0 Å². The molecule has 0 bridgehead atoms. The smallest absolute Gasteiger partial charge is 0.276 e. The first kappa shape index (κ1) is 18.7. The van der Waals surface area contributed by atoms with Crippen molar-refractivity contribution in [3.8, 4) is 5.75 Å². The van der Waals surface area contributed by atoms with Crippen molar-refractivity contribution in [2.75, 3.05) is 26.7 Å². The summed E-state index contributed by atoms with van der Waals surface area (Å²) in [6, 6.07) is 5.74. The molecule has 1 atom stereocenters. The molecule has 2 aromatic rings. The molecule has 0 spiro atoms. The molecule has 1 aliphatic heterocycles. The van der Waals surface area contributed by atoms with Gasteiger partial charge in [-0.3, -0.25) is 4.79 Å². The van der Waals surface area contributed by atoms with Crippen LogP contribution in [0.3, 0.4) is 0 Å². The number of rotatable bonds is 4. The highest BCUT2D eigenvalue weighted by Crippen LogP contribution is 2.26. The van der Waals surface area contributed by atoms with E-state index in [0.29, 0.717) is 36.3 Å². The van der Waals surface area contributed by atoms with Crippen molar-refractivity contribution in [3.05, 3.63) is 45.8 Å². The molecule has 0 N–H and O–H groups in total. The van der Waals surface area contributed by atoms with Crippen molar-refractivity contribution in [2.45, 2.75) is 33.4 Å². The van der Waals surface area contributed by atoms with Crippen LogP contribution in [0.1, 0.15) is 34.3 Å². The van der Waals surface area contributed by atoms with E-state index in [1.165, 1.54) is 0 Å². The van der Waals surface area contributed by atoms with Crippen molar-refractivity contribution in [2.24, 2.45) is 0 Å². The van der Waals surface area contributed by atoms with Gasteiger partial charge in [0, 0.05) is 36.8 Å². The normalized spacial score (nSPS) is 18.2. The molecular formula is C19H24ClN3O3. The van der Waals surface area contributed by atoms with E-state index in [1.807, 2.05) is 30.9 Å². The first-order valence-electron chi connectivity index (χ1n) is 8.70. The van der Waals surface area contributed by atoms with Crippen LogP contribution < -0.4 is 4.74 Å². The molecule has 26 heavy (non-hydrogen) atoms. The second-order valence-corrected chi connectivity index (χ2v) is 7.30. The highest BCUT2D eigenvalue weighted by atomic mass is 35.5. The maximum absolute atomic E-state index is 12.6. The minimum Gasteiger partial charge on any atom is -0.486 e. The summed E-state index contributed by atoms with van der Waals surface area (Å²) in [5.74, 6) is 1.13. The van der Waals surface area contributed by atoms with Gasteiger partial charge in [0.1, 0.15) is 12.4 Å². The maximum atomic E-state index is 12.6. The molecule has 1 fully saturated rings. The summed E-state index contributed by atoms with van der Waals surface area (Å²) in [5, 5.41) is 4.66. The maximum Gasteiger partial charge on any atom is 0.276 e. The van der Waals surface area contributed by atoms with Crippen molar-refractivity contribution < 1.29 is 14.1 Å². The number of halogens is 1. The Labute approximate surface area is 158 Å². The molecule has 2 heterocycles.